The fourth-order valence-corrected chi connectivity index (χ4v) is 2.22. The molecule has 0 aliphatic heterocycles. The van der Waals surface area contributed by atoms with E-state index in [2.05, 4.69) is 10.3 Å². The maximum absolute atomic E-state index is 11.0. The second kappa shape index (κ2) is 5.72. The van der Waals surface area contributed by atoms with Gasteiger partial charge in [0, 0.05) is 41.1 Å². The molecule has 1 aromatic heterocycles. The van der Waals surface area contributed by atoms with Crippen molar-refractivity contribution in [2.45, 2.75) is 19.9 Å². The van der Waals surface area contributed by atoms with Crippen molar-refractivity contribution in [2.24, 2.45) is 0 Å². The van der Waals surface area contributed by atoms with Crippen LogP contribution in [0.5, 0.6) is 0 Å². The summed E-state index contributed by atoms with van der Waals surface area (Å²) in [6.07, 6.45) is 3.15. The molecule has 1 aromatic rings. The lowest BCUT2D eigenvalue weighted by Gasteiger charge is -2.13. The largest absolute Gasteiger partial charge is 0.361 e. The highest BCUT2D eigenvalue weighted by atomic mass is 32.2. The molecule has 0 radical (unpaired) electrons. The van der Waals surface area contributed by atoms with Crippen LogP contribution in [0.25, 0.3) is 0 Å². The minimum absolute atomic E-state index is 0.0567. The van der Waals surface area contributed by atoms with E-state index in [1.165, 1.54) is 6.07 Å². The Hall–Kier alpha value is -1.50. The Balaban J connectivity index is 2.90. The highest BCUT2D eigenvalue weighted by Gasteiger charge is 2.17. The standard InChI is InChI=1S/C10H15N3O3S/c1-7-4-9(13(14)15)10(11-5-7)12-8(2)6-17(3)16/h4-5,8H,6H2,1-3H3,(H,11,12). The highest BCUT2D eigenvalue weighted by Crippen LogP contribution is 2.22. The van der Waals surface area contributed by atoms with Crippen LogP contribution in [0, 0.1) is 17.0 Å². The molecule has 0 aliphatic rings. The molecule has 0 saturated carbocycles. The number of nitrogens with zero attached hydrogens (tertiary/aromatic N) is 2. The first-order valence-electron chi connectivity index (χ1n) is 5.07. The van der Waals surface area contributed by atoms with E-state index in [1.54, 1.807) is 19.4 Å². The zero-order valence-corrected chi connectivity index (χ0v) is 10.8. The van der Waals surface area contributed by atoms with Gasteiger partial charge >= 0.3 is 5.69 Å². The third-order valence-corrected chi connectivity index (χ3v) is 3.04. The van der Waals surface area contributed by atoms with Gasteiger partial charge in [0.05, 0.1) is 4.92 Å². The minimum Gasteiger partial charge on any atom is -0.361 e. The molecule has 1 N–H and O–H groups in total. The average Bonchev–Trinajstić information content (AvgIpc) is 2.19. The van der Waals surface area contributed by atoms with Crippen LogP contribution in [0.1, 0.15) is 12.5 Å². The van der Waals surface area contributed by atoms with Gasteiger partial charge < -0.3 is 5.32 Å². The quantitative estimate of drug-likeness (QED) is 0.638. The number of anilines is 1. The molecule has 0 spiro atoms. The summed E-state index contributed by atoms with van der Waals surface area (Å²) in [6, 6.07) is 1.33. The van der Waals surface area contributed by atoms with Crippen molar-refractivity contribution in [2.75, 3.05) is 17.3 Å². The van der Waals surface area contributed by atoms with Gasteiger partial charge in [-0.25, -0.2) is 4.98 Å². The van der Waals surface area contributed by atoms with Gasteiger partial charge in [0.15, 0.2) is 0 Å². The van der Waals surface area contributed by atoms with Crippen LogP contribution in [-0.2, 0) is 10.8 Å². The number of nitrogens with one attached hydrogen (secondary N) is 1. The fourth-order valence-electron chi connectivity index (χ4n) is 1.43. The smallest absolute Gasteiger partial charge is 0.311 e. The summed E-state index contributed by atoms with van der Waals surface area (Å²) < 4.78 is 11.0. The molecule has 1 rings (SSSR count). The predicted molar refractivity (Wildman–Crippen MR) is 67.6 cm³/mol. The van der Waals surface area contributed by atoms with Gasteiger partial charge in [-0.2, -0.15) is 0 Å². The summed E-state index contributed by atoms with van der Waals surface area (Å²) in [7, 11) is -0.951. The number of hydrogen-bond donors (Lipinski definition) is 1. The molecule has 2 atom stereocenters. The topological polar surface area (TPSA) is 85.1 Å². The molecule has 2 unspecified atom stereocenters. The zero-order chi connectivity index (χ0) is 13.0. The average molecular weight is 257 g/mol. The Bertz CT molecular complexity index is 450. The van der Waals surface area contributed by atoms with Crippen molar-refractivity contribution < 1.29 is 9.13 Å². The zero-order valence-electron chi connectivity index (χ0n) is 9.97. The monoisotopic (exact) mass is 257 g/mol. The molecule has 94 valence electrons. The van der Waals surface area contributed by atoms with Crippen molar-refractivity contribution in [1.82, 2.24) is 4.98 Å². The molecule has 0 aromatic carbocycles. The summed E-state index contributed by atoms with van der Waals surface area (Å²) >= 11 is 0. The van der Waals surface area contributed by atoms with Crippen molar-refractivity contribution in [1.29, 1.82) is 0 Å². The Labute approximate surface area is 102 Å². The summed E-state index contributed by atoms with van der Waals surface area (Å²) in [6.45, 7) is 3.56. The number of nitro groups is 1. The molecular formula is C10H15N3O3S. The first-order valence-corrected chi connectivity index (χ1v) is 6.80. The first-order chi connectivity index (χ1) is 7.90. The summed E-state index contributed by atoms with van der Waals surface area (Å²) in [4.78, 5) is 14.4. The van der Waals surface area contributed by atoms with Crippen LogP contribution < -0.4 is 5.32 Å². The molecule has 1 heterocycles. The van der Waals surface area contributed by atoms with E-state index < -0.39 is 15.7 Å². The summed E-state index contributed by atoms with van der Waals surface area (Å²) in [5, 5.41) is 13.7. The number of pyridine rings is 1. The van der Waals surface area contributed by atoms with Crippen LogP contribution in [0.3, 0.4) is 0 Å². The number of aromatic nitrogens is 1. The molecule has 0 aliphatic carbocycles. The minimum atomic E-state index is -0.951. The van der Waals surface area contributed by atoms with Crippen molar-refractivity contribution >= 4 is 22.3 Å². The fraction of sp³-hybridized carbons (Fsp3) is 0.500. The van der Waals surface area contributed by atoms with Crippen molar-refractivity contribution in [3.8, 4) is 0 Å². The Morgan fingerprint density at radius 1 is 1.65 bits per heavy atom. The molecular weight excluding hydrogens is 242 g/mol. The Morgan fingerprint density at radius 3 is 2.82 bits per heavy atom. The summed E-state index contributed by atoms with van der Waals surface area (Å²) in [5.41, 5.74) is 0.674. The third kappa shape index (κ3) is 4.10. The van der Waals surface area contributed by atoms with E-state index in [0.717, 1.165) is 5.56 Å². The van der Waals surface area contributed by atoms with E-state index in [9.17, 15) is 14.3 Å². The Kier molecular flexibility index (Phi) is 4.56. The lowest BCUT2D eigenvalue weighted by molar-refractivity contribution is -0.384. The molecule has 0 amide bonds. The van der Waals surface area contributed by atoms with Crippen LogP contribution in [0.2, 0.25) is 0 Å². The van der Waals surface area contributed by atoms with Crippen LogP contribution in [0.15, 0.2) is 12.3 Å². The van der Waals surface area contributed by atoms with Crippen LogP contribution >= 0.6 is 0 Å². The lowest BCUT2D eigenvalue weighted by Crippen LogP contribution is -2.23. The van der Waals surface area contributed by atoms with Gasteiger partial charge in [-0.1, -0.05) is 0 Å². The van der Waals surface area contributed by atoms with Gasteiger partial charge in [0.1, 0.15) is 0 Å². The predicted octanol–water partition coefficient (Wildman–Crippen LogP) is 1.48. The molecule has 6 nitrogen and oxygen atoms in total. The second-order valence-electron chi connectivity index (χ2n) is 3.92. The Morgan fingerprint density at radius 2 is 2.29 bits per heavy atom. The third-order valence-electron chi connectivity index (χ3n) is 2.07. The maximum atomic E-state index is 11.0. The molecule has 0 fully saturated rings. The van der Waals surface area contributed by atoms with E-state index in [0.29, 0.717) is 5.75 Å². The van der Waals surface area contributed by atoms with E-state index in [4.69, 9.17) is 0 Å². The van der Waals surface area contributed by atoms with Crippen LogP contribution in [-0.4, -0.2) is 32.2 Å². The summed E-state index contributed by atoms with van der Waals surface area (Å²) in [5.74, 6) is 0.644. The number of hydrogen-bond acceptors (Lipinski definition) is 5. The number of aryl methyl sites for hydroxylation is 1. The van der Waals surface area contributed by atoms with Gasteiger partial charge in [0.25, 0.3) is 0 Å². The van der Waals surface area contributed by atoms with Gasteiger partial charge in [-0.15, -0.1) is 0 Å². The van der Waals surface area contributed by atoms with Crippen molar-refractivity contribution in [3.05, 3.63) is 27.9 Å². The molecule has 7 heteroatoms. The number of rotatable bonds is 5. The van der Waals surface area contributed by atoms with E-state index in [1.807, 2.05) is 6.92 Å². The van der Waals surface area contributed by atoms with E-state index >= 15 is 0 Å². The normalized spacial score (nSPS) is 14.1. The second-order valence-corrected chi connectivity index (χ2v) is 5.40. The maximum Gasteiger partial charge on any atom is 0.311 e. The molecule has 17 heavy (non-hydrogen) atoms. The first kappa shape index (κ1) is 13.6. The SMILES string of the molecule is Cc1cnc(NC(C)CS(C)=O)c([N+](=O)[O-])c1. The van der Waals surface area contributed by atoms with Crippen molar-refractivity contribution in [3.63, 3.8) is 0 Å². The van der Waals surface area contributed by atoms with Gasteiger partial charge in [-0.05, 0) is 19.4 Å². The van der Waals surface area contributed by atoms with Gasteiger partial charge in [-0.3, -0.25) is 14.3 Å². The molecule has 0 bridgehead atoms. The van der Waals surface area contributed by atoms with Crippen LogP contribution in [0.4, 0.5) is 11.5 Å². The highest BCUT2D eigenvalue weighted by molar-refractivity contribution is 7.84. The lowest BCUT2D eigenvalue weighted by atomic mass is 10.2. The van der Waals surface area contributed by atoms with Gasteiger partial charge in [0.2, 0.25) is 5.82 Å². The molecule has 0 saturated heterocycles. The van der Waals surface area contributed by atoms with E-state index in [-0.39, 0.29) is 17.5 Å².